The lowest BCUT2D eigenvalue weighted by Gasteiger charge is -2.28. The third-order valence-electron chi connectivity index (χ3n) is 5.99. The molecule has 1 saturated carbocycles. The molecule has 1 aliphatic rings. The zero-order chi connectivity index (χ0) is 23.4. The lowest BCUT2D eigenvalue weighted by atomic mass is 9.77. The zero-order valence-corrected chi connectivity index (χ0v) is 17.7. The Labute approximate surface area is 188 Å². The first-order chi connectivity index (χ1) is 15.8. The molecule has 0 unspecified atom stereocenters. The van der Waals surface area contributed by atoms with Crippen LogP contribution in [-0.2, 0) is 11.0 Å². The van der Waals surface area contributed by atoms with E-state index >= 15 is 0 Å². The number of halogens is 3. The molecule has 0 radical (unpaired) electrons. The minimum Gasteiger partial charge on any atom is -0.481 e. The summed E-state index contributed by atoms with van der Waals surface area (Å²) in [5, 5.41) is 20.1. The molecule has 0 atom stereocenters. The van der Waals surface area contributed by atoms with Gasteiger partial charge in [0.05, 0.1) is 29.5 Å². The van der Waals surface area contributed by atoms with Crippen molar-refractivity contribution in [1.29, 1.82) is 0 Å². The van der Waals surface area contributed by atoms with Crippen LogP contribution in [0.15, 0.2) is 54.9 Å². The van der Waals surface area contributed by atoms with Crippen LogP contribution in [0.5, 0.6) is 0 Å². The van der Waals surface area contributed by atoms with E-state index in [0.29, 0.717) is 23.0 Å². The van der Waals surface area contributed by atoms with Crippen LogP contribution in [0, 0.1) is 5.92 Å². The van der Waals surface area contributed by atoms with Crippen molar-refractivity contribution >= 4 is 17.3 Å². The number of alkyl halides is 3. The summed E-state index contributed by atoms with van der Waals surface area (Å²) in [6, 6.07) is 12.1. The van der Waals surface area contributed by atoms with Gasteiger partial charge >= 0.3 is 12.1 Å². The quantitative estimate of drug-likeness (QED) is 0.470. The minimum atomic E-state index is -4.48. The molecule has 33 heavy (non-hydrogen) atoms. The second-order valence-electron chi connectivity index (χ2n) is 8.32. The van der Waals surface area contributed by atoms with Gasteiger partial charge in [0.15, 0.2) is 0 Å². The normalized spacial score (nSPS) is 18.6. The summed E-state index contributed by atoms with van der Waals surface area (Å²) in [4.78, 5) is 14.4. The smallest absolute Gasteiger partial charge is 0.433 e. The van der Waals surface area contributed by atoms with Crippen molar-refractivity contribution in [3.05, 3.63) is 66.1 Å². The van der Waals surface area contributed by atoms with Gasteiger partial charge < -0.3 is 10.4 Å². The largest absolute Gasteiger partial charge is 0.481 e. The van der Waals surface area contributed by atoms with E-state index < -0.39 is 17.8 Å². The van der Waals surface area contributed by atoms with E-state index in [0.717, 1.165) is 43.5 Å². The lowest BCUT2D eigenvalue weighted by molar-refractivity contribution is -0.141. The Morgan fingerprint density at radius 1 is 1.00 bits per heavy atom. The van der Waals surface area contributed by atoms with Crippen LogP contribution < -0.4 is 5.32 Å². The van der Waals surface area contributed by atoms with Crippen LogP contribution in [0.2, 0.25) is 0 Å². The number of carboxylic acid groups (broad SMARTS) is 1. The fourth-order valence-electron chi connectivity index (χ4n) is 4.25. The Balaban J connectivity index is 1.41. The van der Waals surface area contributed by atoms with E-state index in [1.165, 1.54) is 17.8 Å². The fourth-order valence-corrected chi connectivity index (χ4v) is 4.25. The number of pyridine rings is 1. The molecule has 1 aromatic carbocycles. The highest BCUT2D eigenvalue weighted by Gasteiger charge is 2.32. The maximum atomic E-state index is 12.7. The summed E-state index contributed by atoms with van der Waals surface area (Å²) in [6.07, 6.45) is 2.21. The van der Waals surface area contributed by atoms with Crippen molar-refractivity contribution in [2.24, 2.45) is 5.92 Å². The Bertz CT molecular complexity index is 1090. The van der Waals surface area contributed by atoms with Gasteiger partial charge in [-0.2, -0.15) is 23.4 Å². The predicted octanol–water partition coefficient (Wildman–Crippen LogP) is 6.05. The number of carbonyl (C=O) groups is 1. The molecular weight excluding hydrogens is 433 g/mol. The van der Waals surface area contributed by atoms with Crippen molar-refractivity contribution in [2.45, 2.75) is 44.2 Å². The van der Waals surface area contributed by atoms with Gasteiger partial charge in [-0.1, -0.05) is 24.3 Å². The van der Waals surface area contributed by atoms with Crippen LogP contribution >= 0.6 is 0 Å². The molecule has 0 bridgehead atoms. The van der Waals surface area contributed by atoms with Gasteiger partial charge in [-0.05, 0) is 61.3 Å². The van der Waals surface area contributed by atoms with Gasteiger partial charge in [-0.25, -0.2) is 4.98 Å². The molecule has 1 fully saturated rings. The maximum Gasteiger partial charge on any atom is 0.433 e. The predicted molar refractivity (Wildman–Crippen MR) is 117 cm³/mol. The molecular formula is C24H23F3N4O2. The van der Waals surface area contributed by atoms with Gasteiger partial charge in [0.2, 0.25) is 0 Å². The molecule has 3 aromatic rings. The van der Waals surface area contributed by atoms with E-state index in [1.807, 2.05) is 12.1 Å². The third-order valence-corrected chi connectivity index (χ3v) is 5.99. The third kappa shape index (κ3) is 5.85. The zero-order valence-electron chi connectivity index (χ0n) is 17.7. The van der Waals surface area contributed by atoms with Gasteiger partial charge in [-0.15, -0.1) is 0 Å². The van der Waals surface area contributed by atoms with E-state index in [1.54, 1.807) is 6.07 Å². The SMILES string of the molecule is O=C(O)CC1CCC(c2ccc(-c3cc(Nc4ccc(C(F)(F)F)nc4)cnn3)cc2)CC1. The van der Waals surface area contributed by atoms with Crippen molar-refractivity contribution in [3.63, 3.8) is 0 Å². The standard InChI is InChI=1S/C24H23F3N4O2/c25-24(26,27)22-10-9-19(13-28-22)30-20-12-21(31-29-14-20)18-7-5-17(6-8-18)16-3-1-15(2-4-16)11-23(32)33/h5-10,12-16H,1-4,11H2,(H,30,31)(H,32,33). The molecule has 0 amide bonds. The van der Waals surface area contributed by atoms with Gasteiger partial charge in [0, 0.05) is 12.0 Å². The minimum absolute atomic E-state index is 0.247. The summed E-state index contributed by atoms with van der Waals surface area (Å²) in [5.74, 6) is -0.0334. The van der Waals surface area contributed by atoms with Crippen LogP contribution in [0.25, 0.3) is 11.3 Å². The lowest BCUT2D eigenvalue weighted by Crippen LogP contribution is -2.16. The summed E-state index contributed by atoms with van der Waals surface area (Å²) >= 11 is 0. The monoisotopic (exact) mass is 456 g/mol. The van der Waals surface area contributed by atoms with Crippen LogP contribution in [0.4, 0.5) is 24.5 Å². The van der Waals surface area contributed by atoms with Gasteiger partial charge in [-0.3, -0.25) is 4.79 Å². The Hall–Kier alpha value is -3.49. The molecule has 0 saturated heterocycles. The van der Waals surface area contributed by atoms with E-state index in [2.05, 4.69) is 32.6 Å². The highest BCUT2D eigenvalue weighted by atomic mass is 19.4. The maximum absolute atomic E-state index is 12.7. The van der Waals surface area contributed by atoms with E-state index in [-0.39, 0.29) is 12.3 Å². The number of carboxylic acids is 1. The topological polar surface area (TPSA) is 88.0 Å². The molecule has 1 aliphatic carbocycles. The number of aromatic nitrogens is 3. The number of nitrogens with one attached hydrogen (secondary N) is 1. The summed E-state index contributed by atoms with van der Waals surface area (Å²) in [5.41, 5.74) is 2.79. The molecule has 2 N–H and O–H groups in total. The molecule has 172 valence electrons. The number of aliphatic carboxylic acids is 1. The summed E-state index contributed by atoms with van der Waals surface area (Å²) < 4.78 is 38.0. The van der Waals surface area contributed by atoms with Crippen LogP contribution in [0.1, 0.15) is 49.3 Å². The first-order valence-corrected chi connectivity index (χ1v) is 10.7. The first-order valence-electron chi connectivity index (χ1n) is 10.7. The molecule has 0 spiro atoms. The number of nitrogens with zero attached hydrogens (tertiary/aromatic N) is 3. The average molecular weight is 456 g/mol. The molecule has 6 nitrogen and oxygen atoms in total. The van der Waals surface area contributed by atoms with E-state index in [9.17, 15) is 18.0 Å². The highest BCUT2D eigenvalue weighted by Crippen LogP contribution is 2.37. The van der Waals surface area contributed by atoms with Crippen molar-refractivity contribution in [2.75, 3.05) is 5.32 Å². The number of hydrogen-bond acceptors (Lipinski definition) is 5. The highest BCUT2D eigenvalue weighted by molar-refractivity contribution is 5.67. The number of rotatable bonds is 6. The Morgan fingerprint density at radius 2 is 1.73 bits per heavy atom. The van der Waals surface area contributed by atoms with Crippen molar-refractivity contribution < 1.29 is 23.1 Å². The number of anilines is 2. The van der Waals surface area contributed by atoms with E-state index in [4.69, 9.17) is 5.11 Å². The Morgan fingerprint density at radius 3 is 2.33 bits per heavy atom. The molecule has 2 aromatic heterocycles. The van der Waals surface area contributed by atoms with Crippen molar-refractivity contribution in [3.8, 4) is 11.3 Å². The second kappa shape index (κ2) is 9.56. The van der Waals surface area contributed by atoms with Crippen LogP contribution in [0.3, 0.4) is 0 Å². The van der Waals surface area contributed by atoms with Crippen molar-refractivity contribution in [1.82, 2.24) is 15.2 Å². The van der Waals surface area contributed by atoms with Gasteiger partial charge in [0.25, 0.3) is 0 Å². The molecule has 2 heterocycles. The van der Waals surface area contributed by atoms with Gasteiger partial charge in [0.1, 0.15) is 5.69 Å². The molecule has 4 rings (SSSR count). The number of benzene rings is 1. The second-order valence-corrected chi connectivity index (χ2v) is 8.32. The number of hydrogen-bond donors (Lipinski definition) is 2. The first kappa shape index (κ1) is 22.7. The molecule has 0 aliphatic heterocycles. The Kier molecular flexibility index (Phi) is 6.57. The van der Waals surface area contributed by atoms with Crippen LogP contribution in [-0.4, -0.2) is 26.3 Å². The summed E-state index contributed by atoms with van der Waals surface area (Å²) in [6.45, 7) is 0. The average Bonchev–Trinajstić information content (AvgIpc) is 2.79. The molecule has 9 heteroatoms. The fraction of sp³-hybridized carbons (Fsp3) is 0.333. The summed E-state index contributed by atoms with van der Waals surface area (Å²) in [7, 11) is 0.